The molecule has 6 heteroatoms. The maximum absolute atomic E-state index is 12.3. The number of nitrogens with zero attached hydrogens (tertiary/aromatic N) is 3. The Morgan fingerprint density at radius 2 is 2.20 bits per heavy atom. The fourth-order valence-corrected chi connectivity index (χ4v) is 2.24. The van der Waals surface area contributed by atoms with Gasteiger partial charge in [0, 0.05) is 19.3 Å². The van der Waals surface area contributed by atoms with Gasteiger partial charge in [-0.3, -0.25) is 9.48 Å². The molecule has 2 aromatic rings. The van der Waals surface area contributed by atoms with Crippen molar-refractivity contribution in [1.82, 2.24) is 20.1 Å². The molecule has 2 aromatic heterocycles. The Balaban J connectivity index is 2.35. The molecule has 0 aliphatic carbocycles. The highest BCUT2D eigenvalue weighted by molar-refractivity contribution is 6.06. The molecule has 0 bridgehead atoms. The number of nitrogens with one attached hydrogen (secondary N) is 1. The molecule has 6 nitrogen and oxygen atoms in total. The van der Waals surface area contributed by atoms with Gasteiger partial charge in [-0.25, -0.2) is 4.98 Å². The quantitative estimate of drug-likeness (QED) is 0.876. The molecule has 0 aliphatic rings. The number of aliphatic hydroxyl groups excluding tert-OH is 1. The first-order valence-electron chi connectivity index (χ1n) is 6.67. The summed E-state index contributed by atoms with van der Waals surface area (Å²) < 4.78 is 1.68. The second kappa shape index (κ2) is 5.58. The normalized spacial score (nSPS) is 12.7. The van der Waals surface area contributed by atoms with Crippen LogP contribution in [-0.4, -0.2) is 38.4 Å². The van der Waals surface area contributed by atoms with Crippen LogP contribution in [0.25, 0.3) is 11.0 Å². The van der Waals surface area contributed by atoms with E-state index in [-0.39, 0.29) is 5.91 Å². The summed E-state index contributed by atoms with van der Waals surface area (Å²) in [5.74, 6) is -0.155. The Morgan fingerprint density at radius 1 is 1.50 bits per heavy atom. The lowest BCUT2D eigenvalue weighted by Gasteiger charge is -2.08. The van der Waals surface area contributed by atoms with Crippen LogP contribution in [-0.2, 0) is 7.05 Å². The van der Waals surface area contributed by atoms with Crippen LogP contribution < -0.4 is 5.32 Å². The average Bonchev–Trinajstić information content (AvgIpc) is 2.63. The van der Waals surface area contributed by atoms with Crippen molar-refractivity contribution in [1.29, 1.82) is 0 Å². The van der Waals surface area contributed by atoms with Crippen molar-refractivity contribution >= 4 is 16.9 Å². The number of hydrogen-bond donors (Lipinski definition) is 2. The Labute approximate surface area is 117 Å². The number of carbonyl (C=O) groups is 1. The predicted molar refractivity (Wildman–Crippen MR) is 76.6 cm³/mol. The van der Waals surface area contributed by atoms with Crippen molar-refractivity contribution in [2.45, 2.75) is 33.3 Å². The second-order valence-corrected chi connectivity index (χ2v) is 5.11. The Hall–Kier alpha value is -1.95. The molecule has 20 heavy (non-hydrogen) atoms. The van der Waals surface area contributed by atoms with Crippen LogP contribution in [0.4, 0.5) is 0 Å². The van der Waals surface area contributed by atoms with E-state index in [1.165, 1.54) is 0 Å². The monoisotopic (exact) mass is 276 g/mol. The average molecular weight is 276 g/mol. The zero-order chi connectivity index (χ0) is 14.9. The molecule has 0 radical (unpaired) electrons. The number of pyridine rings is 1. The minimum atomic E-state index is -0.422. The van der Waals surface area contributed by atoms with E-state index in [4.69, 9.17) is 0 Å². The molecule has 1 amide bonds. The number of hydrogen-bond acceptors (Lipinski definition) is 4. The van der Waals surface area contributed by atoms with Crippen molar-refractivity contribution in [3.05, 3.63) is 23.0 Å². The summed E-state index contributed by atoms with van der Waals surface area (Å²) in [6, 6.07) is 1.77. The van der Waals surface area contributed by atoms with Gasteiger partial charge in [0.1, 0.15) is 0 Å². The molecule has 1 atom stereocenters. The number of aliphatic hydroxyl groups is 1. The van der Waals surface area contributed by atoms with Gasteiger partial charge in [-0.15, -0.1) is 0 Å². The number of fused-ring (bicyclic) bond motifs is 1. The number of aryl methyl sites for hydroxylation is 3. The van der Waals surface area contributed by atoms with E-state index in [9.17, 15) is 9.90 Å². The van der Waals surface area contributed by atoms with E-state index in [1.54, 1.807) is 17.7 Å². The van der Waals surface area contributed by atoms with Crippen LogP contribution in [0, 0.1) is 13.8 Å². The molecule has 0 spiro atoms. The van der Waals surface area contributed by atoms with Crippen LogP contribution in [0.3, 0.4) is 0 Å². The molecular weight excluding hydrogens is 256 g/mol. The first-order valence-corrected chi connectivity index (χ1v) is 6.67. The number of rotatable bonds is 4. The molecule has 108 valence electrons. The molecular formula is C14H20N4O2. The van der Waals surface area contributed by atoms with E-state index < -0.39 is 6.10 Å². The van der Waals surface area contributed by atoms with Crippen molar-refractivity contribution in [3.63, 3.8) is 0 Å². The second-order valence-electron chi connectivity index (χ2n) is 5.11. The lowest BCUT2D eigenvalue weighted by molar-refractivity contribution is 0.0947. The summed E-state index contributed by atoms with van der Waals surface area (Å²) in [5.41, 5.74) is 2.86. The van der Waals surface area contributed by atoms with Crippen LogP contribution >= 0.6 is 0 Å². The summed E-state index contributed by atoms with van der Waals surface area (Å²) in [7, 11) is 1.82. The third kappa shape index (κ3) is 2.80. The molecule has 0 saturated carbocycles. The molecule has 0 saturated heterocycles. The topological polar surface area (TPSA) is 80.0 Å². The van der Waals surface area contributed by atoms with Gasteiger partial charge in [0.2, 0.25) is 0 Å². The smallest absolute Gasteiger partial charge is 0.252 e. The molecule has 2 heterocycles. The Bertz CT molecular complexity index is 646. The van der Waals surface area contributed by atoms with Crippen molar-refractivity contribution in [2.24, 2.45) is 7.05 Å². The maximum atomic E-state index is 12.3. The largest absolute Gasteiger partial charge is 0.393 e. The summed E-state index contributed by atoms with van der Waals surface area (Å²) in [5, 5.41) is 17.1. The summed E-state index contributed by atoms with van der Waals surface area (Å²) >= 11 is 0. The van der Waals surface area contributed by atoms with Gasteiger partial charge >= 0.3 is 0 Å². The molecule has 2 N–H and O–H groups in total. The first-order chi connectivity index (χ1) is 9.40. The Morgan fingerprint density at radius 3 is 2.85 bits per heavy atom. The standard InChI is InChI=1S/C14H20N4O2/c1-8-7-11(14(20)15-6-5-9(2)19)12-10(3)17-18(4)13(12)16-8/h7,9,19H,5-6H2,1-4H3,(H,15,20). The summed E-state index contributed by atoms with van der Waals surface area (Å²) in [4.78, 5) is 16.7. The van der Waals surface area contributed by atoms with Gasteiger partial charge in [-0.05, 0) is 33.3 Å². The van der Waals surface area contributed by atoms with Crippen LogP contribution in [0.5, 0.6) is 0 Å². The van der Waals surface area contributed by atoms with E-state index in [2.05, 4.69) is 15.4 Å². The fourth-order valence-electron chi connectivity index (χ4n) is 2.24. The molecule has 1 unspecified atom stereocenters. The van der Waals surface area contributed by atoms with Crippen molar-refractivity contribution < 1.29 is 9.90 Å². The predicted octanol–water partition coefficient (Wildman–Crippen LogP) is 1.09. The number of amides is 1. The van der Waals surface area contributed by atoms with Gasteiger partial charge in [0.15, 0.2) is 5.65 Å². The van der Waals surface area contributed by atoms with Gasteiger partial charge in [-0.1, -0.05) is 0 Å². The van der Waals surface area contributed by atoms with Crippen LogP contribution in [0.15, 0.2) is 6.07 Å². The van der Waals surface area contributed by atoms with E-state index in [0.29, 0.717) is 24.2 Å². The van der Waals surface area contributed by atoms with E-state index in [1.807, 2.05) is 20.9 Å². The highest BCUT2D eigenvalue weighted by Crippen LogP contribution is 2.21. The maximum Gasteiger partial charge on any atom is 0.252 e. The zero-order valence-corrected chi connectivity index (χ0v) is 12.3. The number of carbonyl (C=O) groups excluding carboxylic acids is 1. The SMILES string of the molecule is Cc1cc(C(=O)NCCC(C)O)c2c(C)nn(C)c2n1. The minimum absolute atomic E-state index is 0.155. The van der Waals surface area contributed by atoms with Crippen LogP contribution in [0.1, 0.15) is 35.1 Å². The minimum Gasteiger partial charge on any atom is -0.393 e. The highest BCUT2D eigenvalue weighted by Gasteiger charge is 2.17. The Kier molecular flexibility index (Phi) is 4.04. The molecule has 0 aliphatic heterocycles. The van der Waals surface area contributed by atoms with Crippen molar-refractivity contribution in [3.8, 4) is 0 Å². The summed E-state index contributed by atoms with van der Waals surface area (Å²) in [6.07, 6.45) is 0.111. The fraction of sp³-hybridized carbons (Fsp3) is 0.500. The lowest BCUT2D eigenvalue weighted by atomic mass is 10.1. The first kappa shape index (κ1) is 14.5. The van der Waals surface area contributed by atoms with Gasteiger partial charge in [-0.2, -0.15) is 5.10 Å². The lowest BCUT2D eigenvalue weighted by Crippen LogP contribution is -2.27. The zero-order valence-electron chi connectivity index (χ0n) is 12.3. The number of aromatic nitrogens is 3. The highest BCUT2D eigenvalue weighted by atomic mass is 16.3. The van der Waals surface area contributed by atoms with Gasteiger partial charge in [0.25, 0.3) is 5.91 Å². The molecule has 0 aromatic carbocycles. The third-order valence-electron chi connectivity index (χ3n) is 3.19. The molecule has 2 rings (SSSR count). The van der Waals surface area contributed by atoms with Gasteiger partial charge < -0.3 is 10.4 Å². The van der Waals surface area contributed by atoms with Gasteiger partial charge in [0.05, 0.1) is 22.7 Å². The van der Waals surface area contributed by atoms with Crippen molar-refractivity contribution in [2.75, 3.05) is 6.54 Å². The van der Waals surface area contributed by atoms with E-state index >= 15 is 0 Å². The molecule has 0 fully saturated rings. The van der Waals surface area contributed by atoms with E-state index in [0.717, 1.165) is 16.8 Å². The summed E-state index contributed by atoms with van der Waals surface area (Å²) in [6.45, 7) is 5.87. The van der Waals surface area contributed by atoms with Crippen LogP contribution in [0.2, 0.25) is 0 Å². The third-order valence-corrected chi connectivity index (χ3v) is 3.19.